The number of hydrogen-bond acceptors (Lipinski definition) is 6. The van der Waals surface area contributed by atoms with E-state index in [1.807, 2.05) is 24.4 Å². The molecule has 1 aliphatic heterocycles. The van der Waals surface area contributed by atoms with Gasteiger partial charge >= 0.3 is 0 Å². The summed E-state index contributed by atoms with van der Waals surface area (Å²) < 4.78 is 25.4. The molecule has 8 nitrogen and oxygen atoms in total. The van der Waals surface area contributed by atoms with E-state index < -0.39 is 10.0 Å². The van der Waals surface area contributed by atoms with E-state index in [9.17, 15) is 18.3 Å². The number of nitrogens with one attached hydrogen (secondary N) is 1. The Hall–Kier alpha value is -3.46. The lowest BCUT2D eigenvalue weighted by atomic mass is 9.88. The van der Waals surface area contributed by atoms with Gasteiger partial charge in [0.25, 0.3) is 5.91 Å². The summed E-state index contributed by atoms with van der Waals surface area (Å²) in [5.41, 5.74) is 4.47. The zero-order chi connectivity index (χ0) is 24.0. The van der Waals surface area contributed by atoms with Crippen molar-refractivity contribution in [1.82, 2.24) is 9.97 Å². The fourth-order valence-corrected chi connectivity index (χ4v) is 4.29. The molecule has 1 aliphatic rings. The van der Waals surface area contributed by atoms with E-state index in [2.05, 4.69) is 35.5 Å². The molecule has 33 heavy (non-hydrogen) atoms. The number of carbonyl (C=O) groups excluding carboxylic acids is 1. The van der Waals surface area contributed by atoms with Crippen LogP contribution in [0.3, 0.4) is 0 Å². The lowest BCUT2D eigenvalue weighted by Crippen LogP contribution is -2.37. The normalized spacial score (nSPS) is 14.2. The number of fused-ring (bicyclic) bond motifs is 1. The van der Waals surface area contributed by atoms with Gasteiger partial charge < -0.3 is 10.0 Å². The number of amides is 1. The molecule has 0 atom stereocenters. The monoisotopic (exact) mass is 466 g/mol. The van der Waals surface area contributed by atoms with Crippen LogP contribution >= 0.6 is 0 Å². The maximum Gasteiger partial charge on any atom is 0.260 e. The number of benzene rings is 1. The second-order valence-corrected chi connectivity index (χ2v) is 10.9. The zero-order valence-corrected chi connectivity index (χ0v) is 19.8. The highest BCUT2D eigenvalue weighted by Gasteiger charge is 2.27. The third kappa shape index (κ3) is 4.83. The first-order valence-corrected chi connectivity index (χ1v) is 12.4. The van der Waals surface area contributed by atoms with Gasteiger partial charge in [0.1, 0.15) is 5.75 Å². The summed E-state index contributed by atoms with van der Waals surface area (Å²) in [6.07, 6.45) is 5.02. The Labute approximate surface area is 193 Å². The molecule has 172 valence electrons. The number of rotatable bonds is 4. The average Bonchev–Trinajstić information content (AvgIpc) is 2.74. The second-order valence-electron chi connectivity index (χ2n) is 9.19. The van der Waals surface area contributed by atoms with E-state index in [0.29, 0.717) is 29.9 Å². The molecule has 0 radical (unpaired) electrons. The summed E-state index contributed by atoms with van der Waals surface area (Å²) in [5.74, 6) is -0.451. The summed E-state index contributed by atoms with van der Waals surface area (Å²) in [6, 6.07) is 10.3. The predicted octanol–water partition coefficient (Wildman–Crippen LogP) is 3.72. The fourth-order valence-electron chi connectivity index (χ4n) is 3.72. The van der Waals surface area contributed by atoms with Gasteiger partial charge in [0.2, 0.25) is 10.0 Å². The van der Waals surface area contributed by atoms with Gasteiger partial charge in [-0.1, -0.05) is 26.8 Å². The molecule has 0 aliphatic carbocycles. The van der Waals surface area contributed by atoms with Gasteiger partial charge in [-0.2, -0.15) is 0 Å². The molecule has 1 aromatic carbocycles. The number of carbonyl (C=O) groups is 1. The standard InChI is InChI=1S/C24H26N4O4S/c1-24(2,3)16-5-7-19(25-13-16)20-11-15-9-10-28(23(30)18(15)14-26-20)17-6-8-22(29)21(12-17)27-33(4,31)32/h5-8,11-14,27,29H,9-10H2,1-4H3. The number of aromatic nitrogens is 2. The van der Waals surface area contributed by atoms with Crippen molar-refractivity contribution in [2.24, 2.45) is 0 Å². The highest BCUT2D eigenvalue weighted by molar-refractivity contribution is 7.92. The molecule has 9 heteroatoms. The minimum Gasteiger partial charge on any atom is -0.506 e. The molecule has 2 aromatic heterocycles. The van der Waals surface area contributed by atoms with Crippen LogP contribution < -0.4 is 9.62 Å². The maximum atomic E-state index is 13.2. The number of aromatic hydroxyl groups is 1. The van der Waals surface area contributed by atoms with E-state index in [4.69, 9.17) is 0 Å². The van der Waals surface area contributed by atoms with E-state index in [-0.39, 0.29) is 22.8 Å². The molecule has 4 rings (SSSR count). The summed E-state index contributed by atoms with van der Waals surface area (Å²) >= 11 is 0. The van der Waals surface area contributed by atoms with Crippen LogP contribution in [0.15, 0.2) is 48.8 Å². The first-order valence-electron chi connectivity index (χ1n) is 10.5. The van der Waals surface area contributed by atoms with Gasteiger partial charge in [-0.05, 0) is 53.3 Å². The molecule has 0 saturated carbocycles. The van der Waals surface area contributed by atoms with Gasteiger partial charge in [-0.3, -0.25) is 19.5 Å². The smallest absolute Gasteiger partial charge is 0.260 e. The Morgan fingerprint density at radius 2 is 1.76 bits per heavy atom. The quantitative estimate of drug-likeness (QED) is 0.567. The number of nitrogens with zero attached hydrogens (tertiary/aromatic N) is 3. The minimum atomic E-state index is -3.58. The molecule has 3 aromatic rings. The van der Waals surface area contributed by atoms with E-state index in [1.165, 1.54) is 12.1 Å². The second kappa shape index (κ2) is 8.15. The summed E-state index contributed by atoms with van der Waals surface area (Å²) in [4.78, 5) is 23.7. The average molecular weight is 467 g/mol. The summed E-state index contributed by atoms with van der Waals surface area (Å²) in [6.45, 7) is 6.81. The molecule has 0 fully saturated rings. The number of phenolic OH excluding ortho intramolecular Hbond substituents is 1. The van der Waals surface area contributed by atoms with Crippen molar-refractivity contribution in [3.05, 3.63) is 65.5 Å². The highest BCUT2D eigenvalue weighted by atomic mass is 32.2. The van der Waals surface area contributed by atoms with E-state index in [1.54, 1.807) is 17.2 Å². The lowest BCUT2D eigenvalue weighted by Gasteiger charge is -2.29. The van der Waals surface area contributed by atoms with Crippen LogP contribution in [0.4, 0.5) is 11.4 Å². The zero-order valence-electron chi connectivity index (χ0n) is 19.0. The van der Waals surface area contributed by atoms with Crippen LogP contribution in [0.1, 0.15) is 42.3 Å². The third-order valence-electron chi connectivity index (χ3n) is 5.55. The fraction of sp³-hybridized carbons (Fsp3) is 0.292. The van der Waals surface area contributed by atoms with Gasteiger partial charge in [-0.25, -0.2) is 8.42 Å². The molecule has 0 spiro atoms. The Kier molecular flexibility index (Phi) is 5.61. The van der Waals surface area contributed by atoms with Crippen molar-refractivity contribution >= 4 is 27.3 Å². The molecule has 2 N–H and O–H groups in total. The molecular weight excluding hydrogens is 440 g/mol. The van der Waals surface area contributed by atoms with Crippen molar-refractivity contribution in [3.8, 4) is 17.1 Å². The molecule has 0 unspecified atom stereocenters. The molecule has 0 bridgehead atoms. The third-order valence-corrected chi connectivity index (χ3v) is 6.14. The van der Waals surface area contributed by atoms with Gasteiger partial charge in [-0.15, -0.1) is 0 Å². The van der Waals surface area contributed by atoms with E-state index in [0.717, 1.165) is 23.1 Å². The number of sulfonamides is 1. The van der Waals surface area contributed by atoms with Gasteiger partial charge in [0.15, 0.2) is 0 Å². The number of phenols is 1. The highest BCUT2D eigenvalue weighted by Crippen LogP contribution is 2.33. The van der Waals surface area contributed by atoms with Crippen molar-refractivity contribution < 1.29 is 18.3 Å². The molecule has 1 amide bonds. The van der Waals surface area contributed by atoms with Crippen molar-refractivity contribution in [3.63, 3.8) is 0 Å². The van der Waals surface area contributed by atoms with Crippen molar-refractivity contribution in [1.29, 1.82) is 0 Å². The molecular formula is C24H26N4O4S. The van der Waals surface area contributed by atoms with Crippen LogP contribution in [0.2, 0.25) is 0 Å². The molecule has 3 heterocycles. The lowest BCUT2D eigenvalue weighted by molar-refractivity contribution is 0.0980. The van der Waals surface area contributed by atoms with Crippen LogP contribution in [0, 0.1) is 0 Å². The predicted molar refractivity (Wildman–Crippen MR) is 128 cm³/mol. The Morgan fingerprint density at radius 3 is 2.39 bits per heavy atom. The van der Waals surface area contributed by atoms with Crippen LogP contribution in [-0.4, -0.2) is 42.2 Å². The topological polar surface area (TPSA) is 112 Å². The number of hydrogen-bond donors (Lipinski definition) is 2. The summed E-state index contributed by atoms with van der Waals surface area (Å²) in [5, 5.41) is 9.97. The van der Waals surface area contributed by atoms with Crippen LogP contribution in [0.5, 0.6) is 5.75 Å². The first-order chi connectivity index (χ1) is 15.4. The minimum absolute atomic E-state index is 0.00954. The largest absolute Gasteiger partial charge is 0.506 e. The first kappa shape index (κ1) is 22.7. The number of pyridine rings is 2. The Balaban J connectivity index is 1.61. The maximum absolute atomic E-state index is 13.2. The molecule has 0 saturated heterocycles. The SMILES string of the molecule is CC(C)(C)c1ccc(-c2cc3c(cn2)C(=O)N(c2ccc(O)c(NS(C)(=O)=O)c2)CC3)nc1. The Bertz CT molecular complexity index is 1330. The van der Waals surface area contributed by atoms with Crippen molar-refractivity contribution in [2.75, 3.05) is 22.4 Å². The number of anilines is 2. The van der Waals surface area contributed by atoms with E-state index >= 15 is 0 Å². The van der Waals surface area contributed by atoms with Gasteiger partial charge in [0.05, 0.1) is 28.9 Å². The van der Waals surface area contributed by atoms with Crippen LogP contribution in [-0.2, 0) is 21.9 Å². The van der Waals surface area contributed by atoms with Crippen LogP contribution in [0.25, 0.3) is 11.4 Å². The summed E-state index contributed by atoms with van der Waals surface area (Å²) in [7, 11) is -3.58. The van der Waals surface area contributed by atoms with Crippen molar-refractivity contribution in [2.45, 2.75) is 32.6 Å². The Morgan fingerprint density at radius 1 is 1.03 bits per heavy atom. The van der Waals surface area contributed by atoms with Gasteiger partial charge in [0, 0.05) is 24.6 Å².